The lowest BCUT2D eigenvalue weighted by atomic mass is 10.6. The number of hydrogen-bond acceptors (Lipinski definition) is 3. The van der Waals surface area contributed by atoms with Gasteiger partial charge in [0.2, 0.25) is 0 Å². The fraction of sp³-hybridized carbons (Fsp3) is 0.429. The van der Waals surface area contributed by atoms with Crippen molar-refractivity contribution in [2.75, 3.05) is 6.67 Å². The molecule has 3 heteroatoms. The lowest BCUT2D eigenvalue weighted by Gasteiger charge is -1.89. The fourth-order valence-corrected chi connectivity index (χ4v) is 0.373. The Morgan fingerprint density at radius 2 is 2.20 bits per heavy atom. The molecule has 0 amide bonds. The lowest BCUT2D eigenvalue weighted by Crippen LogP contribution is -2.03. The maximum absolute atomic E-state index is 3.96. The van der Waals surface area contributed by atoms with Gasteiger partial charge >= 0.3 is 0 Å². The molecule has 0 aromatic carbocycles. The van der Waals surface area contributed by atoms with Gasteiger partial charge < -0.3 is 0 Å². The van der Waals surface area contributed by atoms with Crippen LogP contribution < -0.4 is 5.43 Å². The minimum absolute atomic E-state index is 0.536. The smallest absolute Gasteiger partial charge is 0.123 e. The van der Waals surface area contributed by atoms with E-state index in [4.69, 9.17) is 0 Å². The molecule has 0 aliphatic heterocycles. The summed E-state index contributed by atoms with van der Waals surface area (Å²) in [5.74, 6) is 0. The molecule has 0 rings (SSSR count). The zero-order valence-corrected chi connectivity index (χ0v) is 6.41. The first kappa shape index (κ1) is 8.88. The lowest BCUT2D eigenvalue weighted by molar-refractivity contribution is 0.768. The van der Waals surface area contributed by atoms with Crippen LogP contribution in [0.2, 0.25) is 0 Å². The molecule has 0 aromatic heterocycles. The zero-order chi connectivity index (χ0) is 7.66. The van der Waals surface area contributed by atoms with Crippen molar-refractivity contribution in [3.63, 3.8) is 0 Å². The number of nitrogens with one attached hydrogen (secondary N) is 1. The first-order valence-corrected chi connectivity index (χ1v) is 3.23. The van der Waals surface area contributed by atoms with Crippen molar-refractivity contribution in [2.45, 2.75) is 13.8 Å². The quantitative estimate of drug-likeness (QED) is 0.354. The Kier molecular flexibility index (Phi) is 7.00. The van der Waals surface area contributed by atoms with Crippen LogP contribution in [0, 0.1) is 0 Å². The van der Waals surface area contributed by atoms with Gasteiger partial charge in [-0.15, -0.1) is 0 Å². The molecule has 1 N–H and O–H groups in total. The second-order valence-electron chi connectivity index (χ2n) is 1.56. The fourth-order valence-electron chi connectivity index (χ4n) is 0.373. The molecule has 0 radical (unpaired) electrons. The van der Waals surface area contributed by atoms with Crippen molar-refractivity contribution in [3.8, 4) is 0 Å². The van der Waals surface area contributed by atoms with Crippen molar-refractivity contribution >= 4 is 12.4 Å². The van der Waals surface area contributed by atoms with Crippen molar-refractivity contribution in [3.05, 3.63) is 12.2 Å². The van der Waals surface area contributed by atoms with E-state index in [-0.39, 0.29) is 0 Å². The second kappa shape index (κ2) is 7.88. The van der Waals surface area contributed by atoms with E-state index in [2.05, 4.69) is 15.5 Å². The average Bonchev–Trinajstić information content (AvgIpc) is 1.97. The molecule has 10 heavy (non-hydrogen) atoms. The van der Waals surface area contributed by atoms with Crippen LogP contribution in [0.25, 0.3) is 0 Å². The zero-order valence-electron chi connectivity index (χ0n) is 6.41. The molecule has 0 fully saturated rings. The summed E-state index contributed by atoms with van der Waals surface area (Å²) in [6, 6.07) is 0. The van der Waals surface area contributed by atoms with Crippen molar-refractivity contribution in [1.29, 1.82) is 0 Å². The Morgan fingerprint density at radius 1 is 1.40 bits per heavy atom. The van der Waals surface area contributed by atoms with Gasteiger partial charge in [-0.1, -0.05) is 6.08 Å². The molecule has 0 bridgehead atoms. The third kappa shape index (κ3) is 6.88. The molecule has 0 unspecified atom stereocenters. The summed E-state index contributed by atoms with van der Waals surface area (Å²) in [6.45, 7) is 4.33. The summed E-state index contributed by atoms with van der Waals surface area (Å²) in [5.41, 5.74) is 2.73. The Labute approximate surface area is 61.5 Å². The molecule has 0 aromatic rings. The highest BCUT2D eigenvalue weighted by Crippen LogP contribution is 1.66. The Balaban J connectivity index is 3.18. The third-order valence-corrected chi connectivity index (χ3v) is 0.766. The first-order chi connectivity index (χ1) is 4.91. The molecule has 0 aliphatic rings. The molecule has 0 spiro atoms. The highest BCUT2D eigenvalue weighted by Gasteiger charge is 1.67. The molecule has 3 nitrogen and oxygen atoms in total. The van der Waals surface area contributed by atoms with Crippen LogP contribution in [0.5, 0.6) is 0 Å². The van der Waals surface area contributed by atoms with Crippen molar-refractivity contribution in [2.24, 2.45) is 10.1 Å². The van der Waals surface area contributed by atoms with E-state index in [9.17, 15) is 0 Å². The van der Waals surface area contributed by atoms with Crippen LogP contribution in [0.3, 0.4) is 0 Å². The van der Waals surface area contributed by atoms with Gasteiger partial charge in [0.05, 0.1) is 0 Å². The van der Waals surface area contributed by atoms with E-state index in [1.165, 1.54) is 0 Å². The third-order valence-electron chi connectivity index (χ3n) is 0.766. The number of hydrogen-bond donors (Lipinski definition) is 1. The molecule has 0 saturated carbocycles. The normalized spacial score (nSPS) is 12.2. The predicted molar refractivity (Wildman–Crippen MR) is 45.5 cm³/mol. The minimum Gasteiger partial charge on any atom is -0.289 e. The topological polar surface area (TPSA) is 36.8 Å². The summed E-state index contributed by atoms with van der Waals surface area (Å²) in [7, 11) is 0. The van der Waals surface area contributed by atoms with Gasteiger partial charge in [0, 0.05) is 12.4 Å². The van der Waals surface area contributed by atoms with Gasteiger partial charge in [0.25, 0.3) is 0 Å². The summed E-state index contributed by atoms with van der Waals surface area (Å²) in [5, 5.41) is 3.76. The average molecular weight is 139 g/mol. The second-order valence-corrected chi connectivity index (χ2v) is 1.56. The Morgan fingerprint density at radius 3 is 2.80 bits per heavy atom. The monoisotopic (exact) mass is 139 g/mol. The largest absolute Gasteiger partial charge is 0.289 e. The van der Waals surface area contributed by atoms with Gasteiger partial charge in [0.1, 0.15) is 6.67 Å². The maximum Gasteiger partial charge on any atom is 0.123 e. The standard InChI is InChI=1S/C7H13N3/c1-3-5-6-8-7-10-9-4-2/h3-6,10H,7H2,1-2H3/b5-3-,8-6-,9-4-. The number of nitrogens with zero attached hydrogens (tertiary/aromatic N) is 2. The summed E-state index contributed by atoms with van der Waals surface area (Å²) >= 11 is 0. The van der Waals surface area contributed by atoms with Crippen molar-refractivity contribution in [1.82, 2.24) is 5.43 Å². The number of aliphatic imine (C=N–C) groups is 1. The van der Waals surface area contributed by atoms with Crippen LogP contribution >= 0.6 is 0 Å². The van der Waals surface area contributed by atoms with E-state index in [1.807, 2.05) is 26.0 Å². The summed E-state index contributed by atoms with van der Waals surface area (Å²) in [4.78, 5) is 3.96. The van der Waals surface area contributed by atoms with E-state index in [0.29, 0.717) is 6.67 Å². The highest BCUT2D eigenvalue weighted by molar-refractivity contribution is 5.70. The van der Waals surface area contributed by atoms with E-state index in [1.54, 1.807) is 12.4 Å². The van der Waals surface area contributed by atoms with Crippen LogP contribution in [0.1, 0.15) is 13.8 Å². The number of hydrazone groups is 1. The van der Waals surface area contributed by atoms with E-state index < -0.39 is 0 Å². The van der Waals surface area contributed by atoms with Gasteiger partial charge in [0.15, 0.2) is 0 Å². The minimum atomic E-state index is 0.536. The molecule has 0 heterocycles. The van der Waals surface area contributed by atoms with Gasteiger partial charge in [-0.2, -0.15) is 5.10 Å². The maximum atomic E-state index is 3.96. The first-order valence-electron chi connectivity index (χ1n) is 3.23. The Hall–Kier alpha value is -1.12. The molecular weight excluding hydrogens is 126 g/mol. The SMILES string of the molecule is C/C=C\C=N/CN/N=C\C. The van der Waals surface area contributed by atoms with E-state index >= 15 is 0 Å². The molecule has 0 atom stereocenters. The van der Waals surface area contributed by atoms with E-state index in [0.717, 1.165) is 0 Å². The van der Waals surface area contributed by atoms with Crippen LogP contribution in [0.4, 0.5) is 0 Å². The molecule has 0 saturated heterocycles. The van der Waals surface area contributed by atoms with Crippen LogP contribution in [-0.4, -0.2) is 19.1 Å². The summed E-state index contributed by atoms with van der Waals surface area (Å²) < 4.78 is 0. The van der Waals surface area contributed by atoms with Gasteiger partial charge in [-0.25, -0.2) is 0 Å². The van der Waals surface area contributed by atoms with Crippen molar-refractivity contribution < 1.29 is 0 Å². The molecule has 0 aliphatic carbocycles. The predicted octanol–water partition coefficient (Wildman–Crippen LogP) is 1.19. The molecule has 56 valence electrons. The summed E-state index contributed by atoms with van der Waals surface area (Å²) in [6.07, 6.45) is 7.22. The number of rotatable bonds is 4. The Bertz CT molecular complexity index is 136. The molecular formula is C7H13N3. The highest BCUT2D eigenvalue weighted by atomic mass is 15.3. The van der Waals surface area contributed by atoms with Crippen LogP contribution in [-0.2, 0) is 0 Å². The van der Waals surface area contributed by atoms with Crippen LogP contribution in [0.15, 0.2) is 22.2 Å². The van der Waals surface area contributed by atoms with Gasteiger partial charge in [-0.3, -0.25) is 10.4 Å². The number of allylic oxidation sites excluding steroid dienone is 2. The van der Waals surface area contributed by atoms with Gasteiger partial charge in [-0.05, 0) is 19.9 Å².